The van der Waals surface area contributed by atoms with Crippen molar-refractivity contribution in [3.8, 4) is 0 Å². The molecule has 0 radical (unpaired) electrons. The summed E-state index contributed by atoms with van der Waals surface area (Å²) in [6.45, 7) is 4.31. The minimum absolute atomic E-state index is 0.144. The molecule has 0 aliphatic heterocycles. The van der Waals surface area contributed by atoms with Crippen LogP contribution in [0.5, 0.6) is 0 Å². The van der Waals surface area contributed by atoms with E-state index in [0.29, 0.717) is 6.04 Å². The maximum Gasteiger partial charge on any atom is 0.308 e. The molecule has 1 saturated carbocycles. The number of carbonyl (C=O) groups is 1. The average molecular weight is 199 g/mol. The van der Waals surface area contributed by atoms with Gasteiger partial charge in [0.1, 0.15) is 0 Å². The highest BCUT2D eigenvalue weighted by Crippen LogP contribution is 2.30. The molecule has 82 valence electrons. The third-order valence-electron chi connectivity index (χ3n) is 3.61. The molecule has 0 heterocycles. The fourth-order valence-corrected chi connectivity index (χ4v) is 2.33. The zero-order valence-electron chi connectivity index (χ0n) is 9.36. The fraction of sp³-hybridized carbons (Fsp3) is 0.909. The molecule has 1 N–H and O–H groups in total. The quantitative estimate of drug-likeness (QED) is 0.752. The van der Waals surface area contributed by atoms with Gasteiger partial charge in [-0.1, -0.05) is 13.3 Å². The summed E-state index contributed by atoms with van der Waals surface area (Å²) in [6, 6.07) is 0.738. The zero-order chi connectivity index (χ0) is 10.7. The van der Waals surface area contributed by atoms with Gasteiger partial charge < -0.3 is 5.11 Å². The minimum atomic E-state index is -0.623. The smallest absolute Gasteiger partial charge is 0.308 e. The molecule has 0 bridgehead atoms. The van der Waals surface area contributed by atoms with Gasteiger partial charge in [-0.05, 0) is 33.2 Å². The Morgan fingerprint density at radius 1 is 1.57 bits per heavy atom. The first kappa shape index (κ1) is 11.5. The molecule has 1 aliphatic carbocycles. The van der Waals surface area contributed by atoms with Gasteiger partial charge in [0, 0.05) is 12.1 Å². The van der Waals surface area contributed by atoms with Gasteiger partial charge in [-0.15, -0.1) is 0 Å². The van der Waals surface area contributed by atoms with Gasteiger partial charge in [-0.25, -0.2) is 0 Å². The first-order valence-electron chi connectivity index (χ1n) is 5.52. The molecular weight excluding hydrogens is 178 g/mol. The Kier molecular flexibility index (Phi) is 3.93. The van der Waals surface area contributed by atoms with E-state index >= 15 is 0 Å². The highest BCUT2D eigenvalue weighted by Gasteiger charge is 2.36. The monoisotopic (exact) mass is 199 g/mol. The minimum Gasteiger partial charge on any atom is -0.481 e. The predicted molar refractivity (Wildman–Crippen MR) is 56.3 cm³/mol. The van der Waals surface area contributed by atoms with E-state index in [2.05, 4.69) is 25.8 Å². The van der Waals surface area contributed by atoms with E-state index in [4.69, 9.17) is 5.11 Å². The van der Waals surface area contributed by atoms with Crippen LogP contribution < -0.4 is 0 Å². The van der Waals surface area contributed by atoms with Crippen LogP contribution in [-0.4, -0.2) is 35.1 Å². The molecule has 14 heavy (non-hydrogen) atoms. The Hall–Kier alpha value is -0.570. The molecule has 3 atom stereocenters. The second kappa shape index (κ2) is 4.78. The predicted octanol–water partition coefficient (Wildman–Crippen LogP) is 1.97. The van der Waals surface area contributed by atoms with Crippen LogP contribution in [-0.2, 0) is 4.79 Å². The Morgan fingerprint density at radius 3 is 2.71 bits per heavy atom. The van der Waals surface area contributed by atoms with E-state index in [9.17, 15) is 4.79 Å². The van der Waals surface area contributed by atoms with Gasteiger partial charge in [0.15, 0.2) is 0 Å². The number of hydrogen-bond donors (Lipinski definition) is 1. The van der Waals surface area contributed by atoms with Crippen LogP contribution in [0.2, 0.25) is 0 Å². The lowest BCUT2D eigenvalue weighted by atomic mass is 10.0. The molecule has 0 spiro atoms. The largest absolute Gasteiger partial charge is 0.481 e. The number of hydrogen-bond acceptors (Lipinski definition) is 2. The van der Waals surface area contributed by atoms with Crippen molar-refractivity contribution in [3.05, 3.63) is 0 Å². The first-order valence-corrected chi connectivity index (χ1v) is 5.52. The van der Waals surface area contributed by atoms with Crippen molar-refractivity contribution in [1.82, 2.24) is 4.90 Å². The summed E-state index contributed by atoms with van der Waals surface area (Å²) in [7, 11) is 2.06. The van der Waals surface area contributed by atoms with Crippen molar-refractivity contribution in [2.75, 3.05) is 7.05 Å². The SMILES string of the molecule is CCC(C)N(C)C1CCCC1C(=O)O. The molecule has 0 aromatic carbocycles. The summed E-state index contributed by atoms with van der Waals surface area (Å²) in [6.07, 6.45) is 4.03. The topological polar surface area (TPSA) is 40.5 Å². The second-order valence-corrected chi connectivity index (χ2v) is 4.37. The van der Waals surface area contributed by atoms with Crippen molar-refractivity contribution >= 4 is 5.97 Å². The van der Waals surface area contributed by atoms with Gasteiger partial charge in [0.25, 0.3) is 0 Å². The maximum absolute atomic E-state index is 11.0. The Labute approximate surface area is 86.1 Å². The van der Waals surface area contributed by atoms with Crippen molar-refractivity contribution in [1.29, 1.82) is 0 Å². The number of rotatable bonds is 4. The molecular formula is C11H21NO2. The van der Waals surface area contributed by atoms with Gasteiger partial charge in [0.05, 0.1) is 5.92 Å². The Bertz CT molecular complexity index is 205. The molecule has 1 aliphatic rings. The van der Waals surface area contributed by atoms with Gasteiger partial charge in [-0.3, -0.25) is 9.69 Å². The highest BCUT2D eigenvalue weighted by molar-refractivity contribution is 5.71. The van der Waals surface area contributed by atoms with Crippen LogP contribution in [0.4, 0.5) is 0 Å². The van der Waals surface area contributed by atoms with Gasteiger partial charge in [-0.2, -0.15) is 0 Å². The number of aliphatic carboxylic acids is 1. The summed E-state index contributed by atoms with van der Waals surface area (Å²) in [5.74, 6) is -0.767. The van der Waals surface area contributed by atoms with Crippen LogP contribution in [0.3, 0.4) is 0 Å². The van der Waals surface area contributed by atoms with Crippen LogP contribution in [0.25, 0.3) is 0 Å². The first-order chi connectivity index (χ1) is 6.57. The lowest BCUT2D eigenvalue weighted by Gasteiger charge is -2.32. The molecule has 3 nitrogen and oxygen atoms in total. The van der Waals surface area contributed by atoms with Gasteiger partial charge in [0.2, 0.25) is 0 Å². The van der Waals surface area contributed by atoms with E-state index in [1.165, 1.54) is 0 Å². The van der Waals surface area contributed by atoms with Crippen LogP contribution in [0.15, 0.2) is 0 Å². The Balaban J connectivity index is 2.61. The van der Waals surface area contributed by atoms with Crippen LogP contribution in [0.1, 0.15) is 39.5 Å². The van der Waals surface area contributed by atoms with Crippen LogP contribution >= 0.6 is 0 Å². The lowest BCUT2D eigenvalue weighted by Crippen LogP contribution is -2.42. The van der Waals surface area contributed by atoms with Crippen molar-refractivity contribution < 1.29 is 9.90 Å². The third kappa shape index (κ3) is 2.27. The highest BCUT2D eigenvalue weighted by atomic mass is 16.4. The normalized spacial score (nSPS) is 29.4. The van der Waals surface area contributed by atoms with Crippen LogP contribution in [0, 0.1) is 5.92 Å². The molecule has 0 aromatic rings. The Morgan fingerprint density at radius 2 is 2.21 bits per heavy atom. The van der Waals surface area contributed by atoms with E-state index in [1.54, 1.807) is 0 Å². The second-order valence-electron chi connectivity index (χ2n) is 4.37. The summed E-state index contributed by atoms with van der Waals surface area (Å²) in [5, 5.41) is 9.06. The van der Waals surface area contributed by atoms with E-state index < -0.39 is 5.97 Å². The number of carboxylic acids is 1. The molecule has 3 heteroatoms. The van der Waals surface area contributed by atoms with E-state index in [-0.39, 0.29) is 12.0 Å². The standard InChI is InChI=1S/C11H21NO2/c1-4-8(2)12(3)10-7-5-6-9(10)11(13)14/h8-10H,4-7H2,1-3H3,(H,13,14). The molecule has 0 saturated heterocycles. The van der Waals surface area contributed by atoms with E-state index in [1.807, 2.05) is 0 Å². The number of carboxylic acid groups (broad SMARTS) is 1. The molecule has 1 fully saturated rings. The van der Waals surface area contributed by atoms with Crippen molar-refractivity contribution in [2.45, 2.75) is 51.6 Å². The molecule has 0 aromatic heterocycles. The van der Waals surface area contributed by atoms with Crippen molar-refractivity contribution in [3.63, 3.8) is 0 Å². The summed E-state index contributed by atoms with van der Waals surface area (Å²) in [5.41, 5.74) is 0. The maximum atomic E-state index is 11.0. The summed E-state index contributed by atoms with van der Waals surface area (Å²) in [4.78, 5) is 13.2. The summed E-state index contributed by atoms with van der Waals surface area (Å²) < 4.78 is 0. The lowest BCUT2D eigenvalue weighted by molar-refractivity contribution is -0.143. The van der Waals surface area contributed by atoms with E-state index in [0.717, 1.165) is 25.7 Å². The molecule has 3 unspecified atom stereocenters. The zero-order valence-corrected chi connectivity index (χ0v) is 9.36. The average Bonchev–Trinajstić information content (AvgIpc) is 2.63. The fourth-order valence-electron chi connectivity index (χ4n) is 2.33. The molecule has 0 amide bonds. The number of nitrogens with zero attached hydrogens (tertiary/aromatic N) is 1. The molecule has 1 rings (SSSR count). The van der Waals surface area contributed by atoms with Gasteiger partial charge >= 0.3 is 5.97 Å². The van der Waals surface area contributed by atoms with Crippen molar-refractivity contribution in [2.24, 2.45) is 5.92 Å². The third-order valence-corrected chi connectivity index (χ3v) is 3.61. The summed E-state index contributed by atoms with van der Waals surface area (Å²) >= 11 is 0.